The van der Waals surface area contributed by atoms with Gasteiger partial charge in [-0.15, -0.1) is 0 Å². The second kappa shape index (κ2) is 8.42. The number of carbonyl (C=O) groups excluding carboxylic acids is 2. The standard InChI is InChI=1S/C19H17BrCl2N2O2/c20-13-5-6-17(16(22)11-13)23-18(25)12-7-9-24(10-8-12)19(26)14-3-1-2-4-15(14)21/h1-6,11-12H,7-10H2,(H,23,25). The molecule has 0 spiro atoms. The van der Waals surface area contributed by atoms with Crippen molar-refractivity contribution in [3.05, 3.63) is 62.5 Å². The lowest BCUT2D eigenvalue weighted by atomic mass is 9.95. The summed E-state index contributed by atoms with van der Waals surface area (Å²) in [5, 5.41) is 3.81. The van der Waals surface area contributed by atoms with Gasteiger partial charge in [0.1, 0.15) is 0 Å². The van der Waals surface area contributed by atoms with Gasteiger partial charge >= 0.3 is 0 Å². The minimum absolute atomic E-state index is 0.0703. The summed E-state index contributed by atoms with van der Waals surface area (Å²) in [7, 11) is 0. The van der Waals surface area contributed by atoms with E-state index in [1.54, 1.807) is 41.3 Å². The van der Waals surface area contributed by atoms with Crippen LogP contribution in [0, 0.1) is 5.92 Å². The van der Waals surface area contributed by atoms with E-state index in [2.05, 4.69) is 21.2 Å². The molecular weight excluding hydrogens is 439 g/mol. The molecule has 1 N–H and O–H groups in total. The molecule has 2 amide bonds. The van der Waals surface area contributed by atoms with Gasteiger partial charge in [0, 0.05) is 23.5 Å². The summed E-state index contributed by atoms with van der Waals surface area (Å²) < 4.78 is 0.854. The maximum Gasteiger partial charge on any atom is 0.255 e. The van der Waals surface area contributed by atoms with Crippen molar-refractivity contribution < 1.29 is 9.59 Å². The van der Waals surface area contributed by atoms with Gasteiger partial charge in [-0.2, -0.15) is 0 Å². The van der Waals surface area contributed by atoms with Crippen LogP contribution >= 0.6 is 39.1 Å². The molecule has 7 heteroatoms. The van der Waals surface area contributed by atoms with E-state index < -0.39 is 0 Å². The first-order chi connectivity index (χ1) is 12.5. The molecule has 0 radical (unpaired) electrons. The van der Waals surface area contributed by atoms with Crippen LogP contribution in [0.3, 0.4) is 0 Å². The van der Waals surface area contributed by atoms with Crippen molar-refractivity contribution in [2.24, 2.45) is 5.92 Å². The highest BCUT2D eigenvalue weighted by molar-refractivity contribution is 9.10. The zero-order chi connectivity index (χ0) is 18.7. The predicted octanol–water partition coefficient (Wildman–Crippen LogP) is 5.25. The molecule has 1 aliphatic heterocycles. The van der Waals surface area contributed by atoms with Crippen LogP contribution < -0.4 is 5.32 Å². The maximum absolute atomic E-state index is 12.6. The Morgan fingerprint density at radius 1 is 1.04 bits per heavy atom. The van der Waals surface area contributed by atoms with Gasteiger partial charge in [0.2, 0.25) is 5.91 Å². The van der Waals surface area contributed by atoms with Crippen LogP contribution in [0.2, 0.25) is 10.0 Å². The van der Waals surface area contributed by atoms with Crippen molar-refractivity contribution in [1.29, 1.82) is 0 Å². The van der Waals surface area contributed by atoms with Gasteiger partial charge in [0.05, 0.1) is 21.3 Å². The van der Waals surface area contributed by atoms with E-state index in [0.717, 1.165) is 4.47 Å². The Labute approximate surface area is 170 Å². The topological polar surface area (TPSA) is 49.4 Å². The number of piperidine rings is 1. The highest BCUT2D eigenvalue weighted by atomic mass is 79.9. The van der Waals surface area contributed by atoms with Crippen LogP contribution in [0.1, 0.15) is 23.2 Å². The lowest BCUT2D eigenvalue weighted by Gasteiger charge is -2.31. The number of nitrogens with zero attached hydrogens (tertiary/aromatic N) is 1. The summed E-state index contributed by atoms with van der Waals surface area (Å²) >= 11 is 15.6. The fourth-order valence-electron chi connectivity index (χ4n) is 2.98. The number of hydrogen-bond acceptors (Lipinski definition) is 2. The molecule has 4 nitrogen and oxygen atoms in total. The average molecular weight is 456 g/mol. The fourth-order valence-corrected chi connectivity index (χ4v) is 3.91. The summed E-state index contributed by atoms with van der Waals surface area (Å²) in [6.07, 6.45) is 1.21. The van der Waals surface area contributed by atoms with Gasteiger partial charge in [-0.25, -0.2) is 0 Å². The molecule has 3 rings (SSSR count). The number of amides is 2. The molecule has 0 atom stereocenters. The Balaban J connectivity index is 1.59. The van der Waals surface area contributed by atoms with E-state index >= 15 is 0 Å². The lowest BCUT2D eigenvalue weighted by molar-refractivity contribution is -0.121. The number of hydrogen-bond donors (Lipinski definition) is 1. The number of likely N-dealkylation sites (tertiary alicyclic amines) is 1. The Bertz CT molecular complexity index is 836. The first-order valence-corrected chi connectivity index (χ1v) is 9.80. The van der Waals surface area contributed by atoms with Crippen LogP contribution in [-0.2, 0) is 4.79 Å². The molecule has 0 bridgehead atoms. The minimum atomic E-state index is -0.148. The largest absolute Gasteiger partial charge is 0.339 e. The Kier molecular flexibility index (Phi) is 6.22. The highest BCUT2D eigenvalue weighted by Gasteiger charge is 2.28. The molecule has 26 heavy (non-hydrogen) atoms. The predicted molar refractivity (Wildman–Crippen MR) is 108 cm³/mol. The van der Waals surface area contributed by atoms with E-state index in [1.165, 1.54) is 0 Å². The third kappa shape index (κ3) is 4.40. The van der Waals surface area contributed by atoms with E-state index in [0.29, 0.717) is 47.2 Å². The second-order valence-electron chi connectivity index (χ2n) is 6.16. The SMILES string of the molecule is O=C(Nc1ccc(Br)cc1Cl)C1CCN(C(=O)c2ccccc2Cl)CC1. The number of anilines is 1. The van der Waals surface area contributed by atoms with Crippen molar-refractivity contribution >= 4 is 56.6 Å². The van der Waals surface area contributed by atoms with E-state index in [1.807, 2.05) is 6.07 Å². The van der Waals surface area contributed by atoms with Gasteiger partial charge in [0.15, 0.2) is 0 Å². The molecule has 0 saturated carbocycles. The summed E-state index contributed by atoms with van der Waals surface area (Å²) in [6.45, 7) is 1.05. The first kappa shape index (κ1) is 19.2. The fraction of sp³-hybridized carbons (Fsp3) is 0.263. The molecule has 1 heterocycles. The van der Waals surface area contributed by atoms with Crippen molar-refractivity contribution in [2.45, 2.75) is 12.8 Å². The molecule has 2 aromatic rings. The molecular formula is C19H17BrCl2N2O2. The van der Waals surface area contributed by atoms with Gasteiger partial charge in [-0.3, -0.25) is 9.59 Å². The number of rotatable bonds is 3. The molecule has 136 valence electrons. The molecule has 0 unspecified atom stereocenters. The van der Waals surface area contributed by atoms with Gasteiger partial charge in [-0.1, -0.05) is 51.3 Å². The van der Waals surface area contributed by atoms with Crippen molar-refractivity contribution in [3.63, 3.8) is 0 Å². The average Bonchev–Trinajstić information content (AvgIpc) is 2.64. The Morgan fingerprint density at radius 2 is 1.73 bits per heavy atom. The van der Waals surface area contributed by atoms with Crippen LogP contribution in [0.15, 0.2) is 46.9 Å². The van der Waals surface area contributed by atoms with Crippen LogP contribution in [0.4, 0.5) is 5.69 Å². The van der Waals surface area contributed by atoms with Gasteiger partial charge < -0.3 is 10.2 Å². The normalized spacial score (nSPS) is 15.0. The van der Waals surface area contributed by atoms with E-state index in [9.17, 15) is 9.59 Å². The Morgan fingerprint density at radius 3 is 2.38 bits per heavy atom. The lowest BCUT2D eigenvalue weighted by Crippen LogP contribution is -2.41. The minimum Gasteiger partial charge on any atom is -0.339 e. The number of halogens is 3. The van der Waals surface area contributed by atoms with Crippen LogP contribution in [0.25, 0.3) is 0 Å². The van der Waals surface area contributed by atoms with Gasteiger partial charge in [-0.05, 0) is 43.2 Å². The maximum atomic E-state index is 12.6. The van der Waals surface area contributed by atoms with Crippen molar-refractivity contribution in [3.8, 4) is 0 Å². The van der Waals surface area contributed by atoms with E-state index in [4.69, 9.17) is 23.2 Å². The summed E-state index contributed by atoms with van der Waals surface area (Å²) in [5.41, 5.74) is 1.09. The zero-order valence-electron chi connectivity index (χ0n) is 13.8. The third-order valence-corrected chi connectivity index (χ3v) is 5.58. The molecule has 2 aromatic carbocycles. The summed E-state index contributed by atoms with van der Waals surface area (Å²) in [5.74, 6) is -0.311. The van der Waals surface area contributed by atoms with Gasteiger partial charge in [0.25, 0.3) is 5.91 Å². The quantitative estimate of drug-likeness (QED) is 0.687. The van der Waals surface area contributed by atoms with E-state index in [-0.39, 0.29) is 17.7 Å². The second-order valence-corrected chi connectivity index (χ2v) is 7.89. The molecule has 1 aliphatic rings. The van der Waals surface area contributed by atoms with Crippen LogP contribution in [-0.4, -0.2) is 29.8 Å². The molecule has 0 aromatic heterocycles. The van der Waals surface area contributed by atoms with Crippen LogP contribution in [0.5, 0.6) is 0 Å². The molecule has 1 fully saturated rings. The third-order valence-electron chi connectivity index (χ3n) is 4.45. The smallest absolute Gasteiger partial charge is 0.255 e. The zero-order valence-corrected chi connectivity index (χ0v) is 16.9. The number of carbonyl (C=O) groups is 2. The van der Waals surface area contributed by atoms with Crippen molar-refractivity contribution in [1.82, 2.24) is 4.90 Å². The highest BCUT2D eigenvalue weighted by Crippen LogP contribution is 2.28. The molecule has 1 saturated heterocycles. The number of benzene rings is 2. The van der Waals surface area contributed by atoms with Crippen molar-refractivity contribution in [2.75, 3.05) is 18.4 Å². The summed E-state index contributed by atoms with van der Waals surface area (Å²) in [4.78, 5) is 26.8. The number of nitrogens with one attached hydrogen (secondary N) is 1. The first-order valence-electron chi connectivity index (χ1n) is 8.25. The molecule has 0 aliphatic carbocycles. The monoisotopic (exact) mass is 454 g/mol. The Hall–Kier alpha value is -1.56. The summed E-state index contributed by atoms with van der Waals surface area (Å²) in [6, 6.07) is 12.3.